The lowest BCUT2D eigenvalue weighted by Gasteiger charge is -2.16. The Morgan fingerprint density at radius 2 is 1.81 bits per heavy atom. The van der Waals surface area contributed by atoms with Gasteiger partial charge in [-0.05, 0) is 60.4 Å². The molecule has 2 aromatic heterocycles. The summed E-state index contributed by atoms with van der Waals surface area (Å²) in [6, 6.07) is 16.6. The number of aromatic carboxylic acids is 1. The van der Waals surface area contributed by atoms with E-state index in [1.54, 1.807) is 30.2 Å². The second-order valence-corrected chi connectivity index (χ2v) is 9.59. The fraction of sp³-hybridized carbons (Fsp3) is 0.241. The van der Waals surface area contributed by atoms with Gasteiger partial charge in [0, 0.05) is 36.5 Å². The number of carboxylic acid groups (broad SMARTS) is 1. The summed E-state index contributed by atoms with van der Waals surface area (Å²) in [5.74, 6) is -0.204. The molecular formula is C29H28N4O4. The molecule has 0 bridgehead atoms. The SMILES string of the molecule is CC(CO)c1ccc(-c2ccc3c(c2)C(=O)N(c2cccc(-c4nccn4C(C)C)n2)C3)cc1C(=O)O. The number of carbonyl (C=O) groups is 2. The van der Waals surface area contributed by atoms with Gasteiger partial charge in [0.05, 0.1) is 12.1 Å². The van der Waals surface area contributed by atoms with Crippen molar-refractivity contribution in [1.82, 2.24) is 14.5 Å². The normalized spacial score (nSPS) is 13.8. The first-order chi connectivity index (χ1) is 17.8. The third-order valence-electron chi connectivity index (χ3n) is 6.80. The summed E-state index contributed by atoms with van der Waals surface area (Å²) in [7, 11) is 0. The molecule has 0 fully saturated rings. The first-order valence-corrected chi connectivity index (χ1v) is 12.2. The van der Waals surface area contributed by atoms with Crippen LogP contribution in [0.5, 0.6) is 0 Å². The highest BCUT2D eigenvalue weighted by Crippen LogP contribution is 2.33. The molecule has 1 aliphatic heterocycles. The van der Waals surface area contributed by atoms with Crippen molar-refractivity contribution >= 4 is 17.7 Å². The number of hydrogen-bond donors (Lipinski definition) is 2. The fourth-order valence-electron chi connectivity index (χ4n) is 4.74. The van der Waals surface area contributed by atoms with Crippen LogP contribution in [0.4, 0.5) is 5.82 Å². The Morgan fingerprint density at radius 1 is 1.05 bits per heavy atom. The van der Waals surface area contributed by atoms with Crippen molar-refractivity contribution in [2.45, 2.75) is 39.3 Å². The van der Waals surface area contributed by atoms with Crippen LogP contribution in [0.25, 0.3) is 22.6 Å². The number of amides is 1. The molecule has 0 radical (unpaired) electrons. The second kappa shape index (κ2) is 9.63. The molecule has 8 nitrogen and oxygen atoms in total. The number of rotatable bonds is 7. The van der Waals surface area contributed by atoms with Gasteiger partial charge < -0.3 is 14.8 Å². The number of aliphatic hydroxyl groups is 1. The van der Waals surface area contributed by atoms with Crippen LogP contribution in [0.1, 0.15) is 64.6 Å². The molecule has 3 heterocycles. The van der Waals surface area contributed by atoms with E-state index < -0.39 is 5.97 Å². The Balaban J connectivity index is 1.47. The minimum atomic E-state index is -1.05. The van der Waals surface area contributed by atoms with Gasteiger partial charge in [-0.3, -0.25) is 9.69 Å². The van der Waals surface area contributed by atoms with E-state index in [-0.39, 0.29) is 30.0 Å². The minimum absolute atomic E-state index is 0.141. The van der Waals surface area contributed by atoms with Crippen LogP contribution in [0.15, 0.2) is 67.0 Å². The predicted molar refractivity (Wildman–Crippen MR) is 141 cm³/mol. The van der Waals surface area contributed by atoms with Gasteiger partial charge in [-0.25, -0.2) is 14.8 Å². The minimum Gasteiger partial charge on any atom is -0.478 e. The number of carboxylic acids is 1. The van der Waals surface area contributed by atoms with E-state index in [1.807, 2.05) is 53.2 Å². The van der Waals surface area contributed by atoms with Gasteiger partial charge >= 0.3 is 5.97 Å². The van der Waals surface area contributed by atoms with Crippen molar-refractivity contribution in [3.63, 3.8) is 0 Å². The zero-order valence-corrected chi connectivity index (χ0v) is 20.9. The van der Waals surface area contributed by atoms with Crippen molar-refractivity contribution in [1.29, 1.82) is 0 Å². The quantitative estimate of drug-likeness (QED) is 0.366. The molecule has 1 amide bonds. The molecule has 0 saturated heterocycles. The van der Waals surface area contributed by atoms with Gasteiger partial charge in [-0.15, -0.1) is 0 Å². The Hall–Kier alpha value is -4.30. The summed E-state index contributed by atoms with van der Waals surface area (Å²) in [5.41, 5.74) is 4.31. The first kappa shape index (κ1) is 24.4. The number of nitrogens with zero attached hydrogens (tertiary/aromatic N) is 4. The van der Waals surface area contributed by atoms with Gasteiger partial charge in [0.2, 0.25) is 0 Å². The number of anilines is 1. The molecular weight excluding hydrogens is 468 g/mol. The monoisotopic (exact) mass is 496 g/mol. The zero-order chi connectivity index (χ0) is 26.3. The van der Waals surface area contributed by atoms with Crippen LogP contribution in [0.2, 0.25) is 0 Å². The summed E-state index contributed by atoms with van der Waals surface area (Å²) in [6.45, 7) is 6.19. The Kier molecular flexibility index (Phi) is 6.35. The standard InChI is InChI=1S/C29H28N4O4/c1-17(2)32-12-11-30-27(32)25-5-4-6-26(31-25)33-15-21-8-7-19(13-23(21)28(33)35)20-9-10-22(18(3)16-34)24(14-20)29(36)37/h4-14,17-18,34H,15-16H2,1-3H3,(H,36,37). The third-order valence-corrected chi connectivity index (χ3v) is 6.80. The highest BCUT2D eigenvalue weighted by atomic mass is 16.4. The molecule has 2 aromatic carbocycles. The van der Waals surface area contributed by atoms with Crippen LogP contribution >= 0.6 is 0 Å². The highest BCUT2D eigenvalue weighted by Gasteiger charge is 2.30. The van der Waals surface area contributed by atoms with Crippen molar-refractivity contribution in [3.05, 3.63) is 89.2 Å². The average molecular weight is 497 g/mol. The van der Waals surface area contributed by atoms with E-state index in [0.717, 1.165) is 17.0 Å². The van der Waals surface area contributed by atoms with Gasteiger partial charge in [-0.2, -0.15) is 0 Å². The molecule has 1 unspecified atom stereocenters. The number of hydrogen-bond acceptors (Lipinski definition) is 5. The molecule has 4 aromatic rings. The van der Waals surface area contributed by atoms with Crippen LogP contribution in [-0.2, 0) is 6.54 Å². The molecule has 2 N–H and O–H groups in total. The molecule has 0 aliphatic carbocycles. The number of carbonyl (C=O) groups excluding carboxylic acids is 1. The van der Waals surface area contributed by atoms with E-state index in [0.29, 0.717) is 34.7 Å². The maximum atomic E-state index is 13.5. The van der Waals surface area contributed by atoms with Crippen molar-refractivity contribution in [2.75, 3.05) is 11.5 Å². The van der Waals surface area contributed by atoms with Gasteiger partial charge in [-0.1, -0.05) is 37.3 Å². The van der Waals surface area contributed by atoms with Crippen LogP contribution in [-0.4, -0.2) is 43.2 Å². The van der Waals surface area contributed by atoms with E-state index in [9.17, 15) is 19.8 Å². The summed E-state index contributed by atoms with van der Waals surface area (Å²) in [4.78, 5) is 36.2. The highest BCUT2D eigenvalue weighted by molar-refractivity contribution is 6.10. The second-order valence-electron chi connectivity index (χ2n) is 9.59. The number of fused-ring (bicyclic) bond motifs is 1. The maximum absolute atomic E-state index is 13.5. The number of aromatic nitrogens is 3. The molecule has 8 heteroatoms. The third kappa shape index (κ3) is 4.40. The lowest BCUT2D eigenvalue weighted by atomic mass is 9.92. The number of pyridine rings is 1. The number of benzene rings is 2. The Labute approximate surface area is 214 Å². The predicted octanol–water partition coefficient (Wildman–Crippen LogP) is 5.15. The fourth-order valence-corrected chi connectivity index (χ4v) is 4.74. The van der Waals surface area contributed by atoms with Crippen molar-refractivity contribution < 1.29 is 19.8 Å². The molecule has 188 valence electrons. The summed E-state index contributed by atoms with van der Waals surface area (Å²) < 4.78 is 2.04. The molecule has 0 spiro atoms. The van der Waals surface area contributed by atoms with Gasteiger partial charge in [0.1, 0.15) is 11.5 Å². The molecule has 5 rings (SSSR count). The van der Waals surface area contributed by atoms with E-state index in [2.05, 4.69) is 18.8 Å². The van der Waals surface area contributed by atoms with E-state index >= 15 is 0 Å². The lowest BCUT2D eigenvalue weighted by molar-refractivity contribution is 0.0694. The molecule has 0 saturated carbocycles. The summed E-state index contributed by atoms with van der Waals surface area (Å²) >= 11 is 0. The lowest BCUT2D eigenvalue weighted by Crippen LogP contribution is -2.24. The summed E-state index contributed by atoms with van der Waals surface area (Å²) in [5, 5.41) is 19.2. The maximum Gasteiger partial charge on any atom is 0.335 e. The summed E-state index contributed by atoms with van der Waals surface area (Å²) in [6.07, 6.45) is 3.66. The average Bonchev–Trinajstić information content (AvgIpc) is 3.53. The van der Waals surface area contributed by atoms with Crippen molar-refractivity contribution in [2.24, 2.45) is 0 Å². The largest absolute Gasteiger partial charge is 0.478 e. The van der Waals surface area contributed by atoms with Crippen LogP contribution in [0.3, 0.4) is 0 Å². The number of aliphatic hydroxyl groups excluding tert-OH is 1. The molecule has 1 aliphatic rings. The smallest absolute Gasteiger partial charge is 0.335 e. The van der Waals surface area contributed by atoms with Gasteiger partial charge in [0.15, 0.2) is 5.82 Å². The van der Waals surface area contributed by atoms with Gasteiger partial charge in [0.25, 0.3) is 5.91 Å². The van der Waals surface area contributed by atoms with Crippen molar-refractivity contribution in [3.8, 4) is 22.6 Å². The Bertz CT molecular complexity index is 1510. The van der Waals surface area contributed by atoms with Crippen LogP contribution < -0.4 is 4.90 Å². The zero-order valence-electron chi connectivity index (χ0n) is 20.9. The van der Waals surface area contributed by atoms with Crippen LogP contribution in [0, 0.1) is 0 Å². The van der Waals surface area contributed by atoms with E-state index in [1.165, 1.54) is 0 Å². The molecule has 37 heavy (non-hydrogen) atoms. The topological polar surface area (TPSA) is 109 Å². The molecule has 1 atom stereocenters. The first-order valence-electron chi connectivity index (χ1n) is 12.2. The number of imidazole rings is 1. The van der Waals surface area contributed by atoms with E-state index in [4.69, 9.17) is 4.98 Å². The Morgan fingerprint density at radius 3 is 2.54 bits per heavy atom.